The molecule has 6 nitrogen and oxygen atoms in total. The minimum absolute atomic E-state index is 0.00584. The van der Waals surface area contributed by atoms with Gasteiger partial charge in [-0.05, 0) is 45.7 Å². The van der Waals surface area contributed by atoms with Crippen LogP contribution in [0.5, 0.6) is 0 Å². The summed E-state index contributed by atoms with van der Waals surface area (Å²) in [6.07, 6.45) is -0.357. The summed E-state index contributed by atoms with van der Waals surface area (Å²) in [5.74, 6) is -1.08. The average Bonchev–Trinajstić information content (AvgIpc) is 2.49. The van der Waals surface area contributed by atoms with Crippen LogP contribution in [0.25, 0.3) is 0 Å². The molecule has 1 aromatic rings. The van der Waals surface area contributed by atoms with Crippen LogP contribution < -0.4 is 0 Å². The fourth-order valence-electron chi connectivity index (χ4n) is 2.64. The van der Waals surface area contributed by atoms with Crippen molar-refractivity contribution in [2.24, 2.45) is 5.41 Å². The molecule has 0 spiro atoms. The fourth-order valence-corrected chi connectivity index (χ4v) is 4.27. The van der Waals surface area contributed by atoms with E-state index in [0.29, 0.717) is 0 Å². The molecule has 0 unspecified atom stereocenters. The lowest BCUT2D eigenvalue weighted by atomic mass is 9.78. The van der Waals surface area contributed by atoms with Crippen LogP contribution in [-0.4, -0.2) is 37.8 Å². The fraction of sp³-hybridized carbons (Fsp3) is 0.500. The van der Waals surface area contributed by atoms with Crippen molar-refractivity contribution in [2.45, 2.75) is 44.7 Å². The van der Waals surface area contributed by atoms with Gasteiger partial charge in [0.2, 0.25) is 0 Å². The van der Waals surface area contributed by atoms with E-state index in [4.69, 9.17) is 4.74 Å². The van der Waals surface area contributed by atoms with Crippen LogP contribution in [0.4, 0.5) is 0 Å². The van der Waals surface area contributed by atoms with Crippen LogP contribution in [0.1, 0.15) is 32.3 Å². The largest absolute Gasteiger partial charge is 0.360 e. The van der Waals surface area contributed by atoms with Crippen molar-refractivity contribution in [3.63, 3.8) is 0 Å². The van der Waals surface area contributed by atoms with E-state index in [9.17, 15) is 18.0 Å². The number of piperidine rings is 1. The van der Waals surface area contributed by atoms with E-state index in [1.54, 1.807) is 12.1 Å². The van der Waals surface area contributed by atoms with Gasteiger partial charge in [0.05, 0.1) is 4.90 Å². The van der Waals surface area contributed by atoms with Gasteiger partial charge >= 0.3 is 0 Å². The molecular formula is C16H21NO5S. The first kappa shape index (κ1) is 17.6. The van der Waals surface area contributed by atoms with Crippen molar-refractivity contribution in [1.82, 2.24) is 4.31 Å². The number of sulfonamides is 1. The Labute approximate surface area is 136 Å². The molecule has 0 aromatic heterocycles. The molecule has 1 amide bonds. The molecule has 2 rings (SSSR count). The normalized spacial score (nSPS) is 25.5. The molecule has 7 heteroatoms. The first-order valence-corrected chi connectivity index (χ1v) is 8.78. The first-order chi connectivity index (χ1) is 10.6. The summed E-state index contributed by atoms with van der Waals surface area (Å²) in [6.45, 7) is 4.64. The van der Waals surface area contributed by atoms with Crippen molar-refractivity contribution in [3.8, 4) is 0 Å². The Hall–Kier alpha value is -1.73. The second-order valence-corrected chi connectivity index (χ2v) is 7.85. The number of amides is 1. The quantitative estimate of drug-likeness (QED) is 0.782. The molecule has 1 aliphatic rings. The van der Waals surface area contributed by atoms with Crippen molar-refractivity contribution in [3.05, 3.63) is 29.8 Å². The number of aryl methyl sites for hydroxylation is 1. The second-order valence-electron chi connectivity index (χ2n) is 6.04. The van der Waals surface area contributed by atoms with Crippen LogP contribution in [0, 0.1) is 12.3 Å². The number of nitrogens with zero attached hydrogens (tertiary/aromatic N) is 1. The molecule has 1 heterocycles. The molecule has 2 atom stereocenters. The number of methoxy groups -OCH3 is 1. The minimum Gasteiger partial charge on any atom is -0.360 e. The van der Waals surface area contributed by atoms with E-state index in [-0.39, 0.29) is 23.5 Å². The predicted molar refractivity (Wildman–Crippen MR) is 84.0 cm³/mol. The Morgan fingerprint density at radius 1 is 1.30 bits per heavy atom. The lowest BCUT2D eigenvalue weighted by Gasteiger charge is -2.41. The number of hydrogen-bond acceptors (Lipinski definition) is 5. The zero-order valence-corrected chi connectivity index (χ0v) is 14.5. The lowest BCUT2D eigenvalue weighted by Crippen LogP contribution is -2.57. The molecule has 0 N–H and O–H groups in total. The number of ketones is 1. The van der Waals surface area contributed by atoms with Crippen molar-refractivity contribution in [1.29, 1.82) is 0 Å². The van der Waals surface area contributed by atoms with Crippen molar-refractivity contribution >= 4 is 21.7 Å². The molecule has 1 aromatic carbocycles. The molecule has 126 valence electrons. The number of carbonyl (C=O) groups excluding carboxylic acids is 2. The van der Waals surface area contributed by atoms with E-state index in [1.807, 2.05) is 6.92 Å². The maximum atomic E-state index is 12.9. The Morgan fingerprint density at radius 2 is 1.87 bits per heavy atom. The highest BCUT2D eigenvalue weighted by Gasteiger charge is 2.51. The summed E-state index contributed by atoms with van der Waals surface area (Å²) in [7, 11) is -2.73. The van der Waals surface area contributed by atoms with E-state index in [2.05, 4.69) is 0 Å². The molecule has 1 fully saturated rings. The summed E-state index contributed by atoms with van der Waals surface area (Å²) in [4.78, 5) is 24.7. The van der Waals surface area contributed by atoms with E-state index < -0.39 is 27.6 Å². The lowest BCUT2D eigenvalue weighted by molar-refractivity contribution is -0.157. The molecule has 0 aliphatic carbocycles. The molecule has 23 heavy (non-hydrogen) atoms. The van der Waals surface area contributed by atoms with Gasteiger partial charge in [-0.2, -0.15) is 0 Å². The van der Waals surface area contributed by atoms with Crippen LogP contribution in [0.15, 0.2) is 29.2 Å². The Balaban J connectivity index is 2.53. The summed E-state index contributed by atoms with van der Waals surface area (Å²) < 4.78 is 31.7. The van der Waals surface area contributed by atoms with Gasteiger partial charge in [-0.1, -0.05) is 17.7 Å². The minimum atomic E-state index is -4.09. The standard InChI is InChI=1S/C16H21NO5S/c1-11-5-7-13(8-6-11)23(20,21)17-14(22-4)9-10-16(3,12(2)18)15(17)19/h5-8,14H,9-10H2,1-4H3/t14-,16-/m1/s1. The van der Waals surface area contributed by atoms with Gasteiger partial charge in [0.15, 0.2) is 0 Å². The molecular weight excluding hydrogens is 318 g/mol. The number of benzene rings is 1. The molecule has 1 saturated heterocycles. The zero-order chi connectivity index (χ0) is 17.4. The SMILES string of the molecule is CO[C@@H]1CC[C@](C)(C(C)=O)C(=O)N1S(=O)(=O)c1ccc(C)cc1. The predicted octanol–water partition coefficient (Wildman–Crippen LogP) is 1.87. The third-order valence-electron chi connectivity index (χ3n) is 4.45. The summed E-state index contributed by atoms with van der Waals surface area (Å²) >= 11 is 0. The highest BCUT2D eigenvalue weighted by molar-refractivity contribution is 7.89. The van der Waals surface area contributed by atoms with Gasteiger partial charge in [-0.25, -0.2) is 12.7 Å². The summed E-state index contributed by atoms with van der Waals surface area (Å²) in [5.41, 5.74) is -0.432. The number of hydrogen-bond donors (Lipinski definition) is 0. The third-order valence-corrected chi connectivity index (χ3v) is 6.24. The molecule has 1 aliphatic heterocycles. The number of carbonyl (C=O) groups is 2. The van der Waals surface area contributed by atoms with E-state index >= 15 is 0 Å². The van der Waals surface area contributed by atoms with E-state index in [0.717, 1.165) is 9.87 Å². The first-order valence-electron chi connectivity index (χ1n) is 7.34. The van der Waals surface area contributed by atoms with Crippen molar-refractivity contribution < 1.29 is 22.7 Å². The van der Waals surface area contributed by atoms with Crippen LogP contribution >= 0.6 is 0 Å². The van der Waals surface area contributed by atoms with E-state index in [1.165, 1.54) is 33.1 Å². The molecule has 0 bridgehead atoms. The number of ether oxygens (including phenoxy) is 1. The monoisotopic (exact) mass is 339 g/mol. The van der Waals surface area contributed by atoms with Crippen LogP contribution in [-0.2, 0) is 24.3 Å². The van der Waals surface area contributed by atoms with Gasteiger partial charge in [-0.15, -0.1) is 0 Å². The van der Waals surface area contributed by atoms with Gasteiger partial charge in [0, 0.05) is 7.11 Å². The van der Waals surface area contributed by atoms with Crippen molar-refractivity contribution in [2.75, 3.05) is 7.11 Å². The molecule has 0 saturated carbocycles. The maximum Gasteiger partial charge on any atom is 0.268 e. The Bertz CT molecular complexity index is 725. The van der Waals surface area contributed by atoms with Crippen LogP contribution in [0.3, 0.4) is 0 Å². The Kier molecular flexibility index (Phi) is 4.64. The zero-order valence-electron chi connectivity index (χ0n) is 13.7. The topological polar surface area (TPSA) is 80.8 Å². The van der Waals surface area contributed by atoms with Crippen LogP contribution in [0.2, 0.25) is 0 Å². The smallest absolute Gasteiger partial charge is 0.268 e. The highest BCUT2D eigenvalue weighted by atomic mass is 32.2. The number of Topliss-reactive ketones (excluding diaryl/α,β-unsaturated/α-hetero) is 1. The maximum absolute atomic E-state index is 12.9. The van der Waals surface area contributed by atoms with Gasteiger partial charge < -0.3 is 4.74 Å². The van der Waals surface area contributed by atoms with Gasteiger partial charge in [-0.3, -0.25) is 9.59 Å². The average molecular weight is 339 g/mol. The second kappa shape index (κ2) is 6.05. The Morgan fingerprint density at radius 3 is 2.35 bits per heavy atom. The summed E-state index contributed by atoms with van der Waals surface area (Å²) in [6, 6.07) is 6.22. The van der Waals surface area contributed by atoms with Gasteiger partial charge in [0.1, 0.15) is 17.4 Å². The third kappa shape index (κ3) is 2.90. The highest BCUT2D eigenvalue weighted by Crippen LogP contribution is 2.38. The number of rotatable bonds is 4. The van der Waals surface area contributed by atoms with Gasteiger partial charge in [0.25, 0.3) is 15.9 Å². The summed E-state index contributed by atoms with van der Waals surface area (Å²) in [5, 5.41) is 0. The molecule has 0 radical (unpaired) electrons.